The van der Waals surface area contributed by atoms with Gasteiger partial charge in [-0.25, -0.2) is 4.79 Å². The topological polar surface area (TPSA) is 125 Å². The van der Waals surface area contributed by atoms with Crippen LogP contribution in [0.5, 0.6) is 0 Å². The molecule has 180 valence electrons. The van der Waals surface area contributed by atoms with Gasteiger partial charge >= 0.3 is 5.97 Å². The molecule has 2 heterocycles. The molecule has 0 aromatic carbocycles. The fourth-order valence-electron chi connectivity index (χ4n) is 7.72. The van der Waals surface area contributed by atoms with Crippen LogP contribution in [-0.4, -0.2) is 65.0 Å². The van der Waals surface area contributed by atoms with Crippen LogP contribution >= 0.6 is 0 Å². The molecule has 1 N–H and O–H groups in total. The van der Waals surface area contributed by atoms with Gasteiger partial charge in [0.2, 0.25) is 6.54 Å². The van der Waals surface area contributed by atoms with Crippen molar-refractivity contribution in [3.63, 3.8) is 0 Å². The molecule has 3 aliphatic carbocycles. The van der Waals surface area contributed by atoms with Crippen molar-refractivity contribution in [3.05, 3.63) is 33.4 Å². The Balaban J connectivity index is 1.71. The number of nitrogens with zero attached hydrogens (tertiary/aromatic N) is 1. The van der Waals surface area contributed by atoms with Crippen LogP contribution < -0.4 is 0 Å². The van der Waals surface area contributed by atoms with E-state index in [1.165, 1.54) is 7.11 Å². The van der Waals surface area contributed by atoms with Crippen molar-refractivity contribution in [3.8, 4) is 0 Å². The number of nitro groups is 1. The molecule has 1 spiro atoms. The molecule has 33 heavy (non-hydrogen) atoms. The van der Waals surface area contributed by atoms with E-state index in [2.05, 4.69) is 0 Å². The number of rotatable bonds is 4. The van der Waals surface area contributed by atoms with Gasteiger partial charge in [-0.15, -0.1) is 0 Å². The van der Waals surface area contributed by atoms with Gasteiger partial charge in [-0.2, -0.15) is 0 Å². The number of fused-ring (bicyclic) bond motifs is 1. The van der Waals surface area contributed by atoms with E-state index in [4.69, 9.17) is 14.2 Å². The van der Waals surface area contributed by atoms with Crippen LogP contribution in [0, 0.1) is 45.6 Å². The monoisotopic (exact) mass is 461 g/mol. The molecule has 2 aliphatic heterocycles. The number of aliphatic hydroxyl groups is 1. The average molecular weight is 462 g/mol. The van der Waals surface area contributed by atoms with Crippen molar-refractivity contribution < 1.29 is 33.8 Å². The molecule has 9 heteroatoms. The molecule has 0 radical (unpaired) electrons. The maximum absolute atomic E-state index is 13.7. The van der Waals surface area contributed by atoms with Crippen molar-refractivity contribution in [2.24, 2.45) is 35.5 Å². The zero-order chi connectivity index (χ0) is 24.0. The Labute approximate surface area is 192 Å². The molecule has 0 amide bonds. The first kappa shape index (κ1) is 22.7. The first-order chi connectivity index (χ1) is 15.5. The average Bonchev–Trinajstić information content (AvgIpc) is 2.94. The number of ketones is 1. The lowest BCUT2D eigenvalue weighted by Crippen LogP contribution is -2.64. The van der Waals surface area contributed by atoms with E-state index in [9.17, 15) is 24.8 Å². The highest BCUT2D eigenvalue weighted by Gasteiger charge is 2.73. The van der Waals surface area contributed by atoms with Gasteiger partial charge in [-0.05, 0) is 25.0 Å². The number of carbonyl (C=O) groups excluding carboxylic acids is 2. The molecular formula is C24H31NO8. The summed E-state index contributed by atoms with van der Waals surface area (Å²) >= 11 is 0. The SMILES string of the molecule is CO[C@]12C[C@H]3C=C[C@H]4[C@H]5O[C@]3(C(C)=C1[C@@H](C)[C@@H]([C@@H](C)O)OC2=O)[C@@H]4C(=O)C(C)[C@H]5C[N+](=O)[O-]. The summed E-state index contributed by atoms with van der Waals surface area (Å²) in [6.45, 7) is 6.81. The summed E-state index contributed by atoms with van der Waals surface area (Å²) in [6, 6.07) is 0. The first-order valence-electron chi connectivity index (χ1n) is 11.7. The fourth-order valence-corrected chi connectivity index (χ4v) is 7.72. The van der Waals surface area contributed by atoms with Gasteiger partial charge in [0, 0.05) is 42.1 Å². The van der Waals surface area contributed by atoms with Crippen LogP contribution in [0.2, 0.25) is 0 Å². The Hall–Kier alpha value is -2.10. The molecule has 4 bridgehead atoms. The predicted octanol–water partition coefficient (Wildman–Crippen LogP) is 1.70. The highest BCUT2D eigenvalue weighted by atomic mass is 16.6. The standard InChI is InChI=1S/C24H31NO8/c1-10-16(9-25(29)30)21-15-7-6-14-8-23(31-5)17(11(2)20(13(4)26)32-22(23)28)12(3)24(14,33-21)18(15)19(10)27/h6-7,10-11,13-16,18,20-21,26H,8-9H2,1-5H3/t10?,11-,13-,14-,15-,16-,18+,20+,21-,23-,24+/m1/s1. The number of Topliss-reactive ketones (excluding diaryl/α,β-unsaturated/α-hetero) is 1. The third-order valence-electron chi connectivity index (χ3n) is 9.13. The van der Waals surface area contributed by atoms with E-state index < -0.39 is 53.2 Å². The van der Waals surface area contributed by atoms with Gasteiger partial charge in [0.25, 0.3) is 0 Å². The number of esters is 1. The Bertz CT molecular complexity index is 987. The smallest absolute Gasteiger partial charge is 0.343 e. The highest BCUT2D eigenvalue weighted by molar-refractivity contribution is 5.90. The summed E-state index contributed by atoms with van der Waals surface area (Å²) in [5.41, 5.74) is -0.833. The summed E-state index contributed by atoms with van der Waals surface area (Å²) in [4.78, 5) is 38.0. The minimum Gasteiger partial charge on any atom is -0.457 e. The number of cyclic esters (lactones) is 1. The van der Waals surface area contributed by atoms with E-state index >= 15 is 0 Å². The van der Waals surface area contributed by atoms with Crippen LogP contribution in [0.4, 0.5) is 0 Å². The Kier molecular flexibility index (Phi) is 4.95. The van der Waals surface area contributed by atoms with E-state index in [1.807, 2.05) is 26.0 Å². The minimum absolute atomic E-state index is 0.0158. The second kappa shape index (κ2) is 7.20. The molecule has 9 nitrogen and oxygen atoms in total. The van der Waals surface area contributed by atoms with Crippen molar-refractivity contribution in [2.75, 3.05) is 13.7 Å². The maximum atomic E-state index is 13.7. The minimum atomic E-state index is -1.32. The Morgan fingerprint density at radius 2 is 2.00 bits per heavy atom. The largest absolute Gasteiger partial charge is 0.457 e. The van der Waals surface area contributed by atoms with Crippen molar-refractivity contribution in [2.45, 2.75) is 63.6 Å². The molecule has 0 aromatic heterocycles. The highest BCUT2D eigenvalue weighted by Crippen LogP contribution is 2.65. The molecule has 5 rings (SSSR count). The maximum Gasteiger partial charge on any atom is 0.343 e. The van der Waals surface area contributed by atoms with Crippen LogP contribution in [0.15, 0.2) is 23.3 Å². The van der Waals surface area contributed by atoms with Crippen molar-refractivity contribution in [1.29, 1.82) is 0 Å². The fraction of sp³-hybridized carbons (Fsp3) is 0.750. The summed E-state index contributed by atoms with van der Waals surface area (Å²) in [6.07, 6.45) is 2.13. The van der Waals surface area contributed by atoms with Crippen LogP contribution in [0.25, 0.3) is 0 Å². The van der Waals surface area contributed by atoms with E-state index in [0.717, 1.165) is 5.57 Å². The van der Waals surface area contributed by atoms with Crippen molar-refractivity contribution in [1.82, 2.24) is 0 Å². The molecule has 5 aliphatic rings. The number of carbonyl (C=O) groups is 2. The normalized spacial score (nSPS) is 48.8. The number of methoxy groups -OCH3 is 1. The van der Waals surface area contributed by atoms with Gasteiger partial charge in [-0.1, -0.05) is 26.0 Å². The lowest BCUT2D eigenvalue weighted by Gasteiger charge is -2.55. The van der Waals surface area contributed by atoms with Crippen molar-refractivity contribution >= 4 is 11.8 Å². The van der Waals surface area contributed by atoms with Gasteiger partial charge in [0.15, 0.2) is 5.60 Å². The number of aliphatic hydroxyl groups excluding tert-OH is 1. The van der Waals surface area contributed by atoms with E-state index in [1.54, 1.807) is 13.8 Å². The predicted molar refractivity (Wildman–Crippen MR) is 115 cm³/mol. The van der Waals surface area contributed by atoms with E-state index in [0.29, 0.717) is 5.57 Å². The summed E-state index contributed by atoms with van der Waals surface area (Å²) < 4.78 is 18.3. The lowest BCUT2D eigenvalue weighted by molar-refractivity contribution is -0.492. The second-order valence-electron chi connectivity index (χ2n) is 10.5. The zero-order valence-corrected chi connectivity index (χ0v) is 19.5. The molecule has 3 fully saturated rings. The molecular weight excluding hydrogens is 430 g/mol. The lowest BCUT2D eigenvalue weighted by atomic mass is 9.52. The van der Waals surface area contributed by atoms with Gasteiger partial charge in [0.05, 0.1) is 24.0 Å². The van der Waals surface area contributed by atoms with Crippen LogP contribution in [0.1, 0.15) is 34.1 Å². The van der Waals surface area contributed by atoms with Gasteiger partial charge in [-0.3, -0.25) is 14.9 Å². The summed E-state index contributed by atoms with van der Waals surface area (Å²) in [5.74, 6) is -2.93. The third kappa shape index (κ3) is 2.64. The van der Waals surface area contributed by atoms with E-state index in [-0.39, 0.29) is 41.4 Å². The molecule has 0 aromatic rings. The van der Waals surface area contributed by atoms with Gasteiger partial charge < -0.3 is 19.3 Å². The molecule has 1 unspecified atom stereocenters. The van der Waals surface area contributed by atoms with Crippen LogP contribution in [-0.2, 0) is 23.8 Å². The summed E-state index contributed by atoms with van der Waals surface area (Å²) in [7, 11) is 1.48. The molecule has 2 saturated heterocycles. The first-order valence-corrected chi connectivity index (χ1v) is 11.7. The van der Waals surface area contributed by atoms with Gasteiger partial charge in [0.1, 0.15) is 17.5 Å². The Morgan fingerprint density at radius 3 is 2.61 bits per heavy atom. The number of hydrogen-bond acceptors (Lipinski definition) is 8. The number of ether oxygens (including phenoxy) is 3. The van der Waals surface area contributed by atoms with Crippen LogP contribution in [0.3, 0.4) is 0 Å². The number of hydrogen-bond donors (Lipinski definition) is 1. The third-order valence-corrected chi connectivity index (χ3v) is 9.13. The Morgan fingerprint density at radius 1 is 1.30 bits per heavy atom. The quantitative estimate of drug-likeness (QED) is 0.290. The molecule has 1 saturated carbocycles. The second-order valence-corrected chi connectivity index (χ2v) is 10.5. The zero-order valence-electron chi connectivity index (χ0n) is 19.5. The summed E-state index contributed by atoms with van der Waals surface area (Å²) in [5, 5.41) is 21.7. The molecule has 11 atom stereocenters.